The lowest BCUT2D eigenvalue weighted by Gasteiger charge is -1.99. The minimum absolute atomic E-state index is 0.754. The molecule has 3 heteroatoms. The van der Waals surface area contributed by atoms with Gasteiger partial charge >= 0.3 is 0 Å². The van der Waals surface area contributed by atoms with E-state index in [-0.39, 0.29) is 0 Å². The summed E-state index contributed by atoms with van der Waals surface area (Å²) in [6.07, 6.45) is 0.887. The minimum Gasteiger partial charge on any atom is -0.241 e. The minimum atomic E-state index is 0.754. The summed E-state index contributed by atoms with van der Waals surface area (Å²) in [4.78, 5) is 4.70. The van der Waals surface area contributed by atoms with Crippen LogP contribution in [0.2, 0.25) is 5.02 Å². The molecule has 3 aromatic rings. The van der Waals surface area contributed by atoms with E-state index >= 15 is 0 Å². The maximum Gasteiger partial charge on any atom is 0.0976 e. The summed E-state index contributed by atoms with van der Waals surface area (Å²) < 4.78 is 0. The molecule has 3 rings (SSSR count). The van der Waals surface area contributed by atoms with Gasteiger partial charge in [0.25, 0.3) is 0 Å². The third-order valence-corrected chi connectivity index (χ3v) is 4.27. The smallest absolute Gasteiger partial charge is 0.0976 e. The SMILES string of the molecule is Cc1ccc(Cc2nc(-c3ccc(Cl)cc3)cs2)cc1. The van der Waals surface area contributed by atoms with E-state index in [2.05, 4.69) is 36.6 Å². The second-order valence-corrected chi connectivity index (χ2v) is 6.17. The van der Waals surface area contributed by atoms with Crippen molar-refractivity contribution in [1.29, 1.82) is 0 Å². The molecule has 0 aliphatic rings. The second kappa shape index (κ2) is 5.78. The fraction of sp³-hybridized carbons (Fsp3) is 0.118. The van der Waals surface area contributed by atoms with Crippen LogP contribution in [0, 0.1) is 6.92 Å². The molecule has 2 aromatic carbocycles. The summed E-state index contributed by atoms with van der Waals surface area (Å²) in [7, 11) is 0. The Kier molecular flexibility index (Phi) is 3.86. The van der Waals surface area contributed by atoms with Crippen LogP contribution < -0.4 is 0 Å². The van der Waals surface area contributed by atoms with E-state index in [1.807, 2.05) is 24.3 Å². The summed E-state index contributed by atoms with van der Waals surface area (Å²) in [6.45, 7) is 2.10. The predicted octanol–water partition coefficient (Wildman–Crippen LogP) is 5.36. The number of thiazole rings is 1. The molecule has 1 heterocycles. The monoisotopic (exact) mass is 299 g/mol. The summed E-state index contributed by atoms with van der Waals surface area (Å²) in [5, 5.41) is 4.00. The van der Waals surface area contributed by atoms with Gasteiger partial charge in [0.1, 0.15) is 0 Å². The molecule has 0 saturated carbocycles. The third-order valence-electron chi connectivity index (χ3n) is 3.17. The van der Waals surface area contributed by atoms with Gasteiger partial charge in [0.05, 0.1) is 10.7 Å². The number of hydrogen-bond acceptors (Lipinski definition) is 2. The maximum atomic E-state index is 5.91. The van der Waals surface area contributed by atoms with E-state index < -0.39 is 0 Å². The van der Waals surface area contributed by atoms with Crippen LogP contribution >= 0.6 is 22.9 Å². The van der Waals surface area contributed by atoms with Crippen LogP contribution in [-0.2, 0) is 6.42 Å². The molecule has 0 radical (unpaired) electrons. The van der Waals surface area contributed by atoms with Crippen molar-refractivity contribution in [3.05, 3.63) is 75.1 Å². The van der Waals surface area contributed by atoms with Crippen LogP contribution in [0.15, 0.2) is 53.9 Å². The maximum absolute atomic E-state index is 5.91. The largest absolute Gasteiger partial charge is 0.241 e. The Hall–Kier alpha value is -1.64. The lowest BCUT2D eigenvalue weighted by atomic mass is 10.1. The summed E-state index contributed by atoms with van der Waals surface area (Å²) >= 11 is 7.61. The molecule has 0 spiro atoms. The van der Waals surface area contributed by atoms with Crippen molar-refractivity contribution in [2.24, 2.45) is 0 Å². The van der Waals surface area contributed by atoms with Crippen LogP contribution in [0.3, 0.4) is 0 Å². The first kappa shape index (κ1) is 13.3. The quantitative estimate of drug-likeness (QED) is 0.634. The lowest BCUT2D eigenvalue weighted by Crippen LogP contribution is -1.87. The number of aryl methyl sites for hydroxylation is 1. The van der Waals surface area contributed by atoms with Crippen molar-refractivity contribution in [3.63, 3.8) is 0 Å². The molecule has 1 nitrogen and oxygen atoms in total. The van der Waals surface area contributed by atoms with Crippen LogP contribution in [0.25, 0.3) is 11.3 Å². The number of nitrogens with zero attached hydrogens (tertiary/aromatic N) is 1. The molecule has 0 atom stereocenters. The number of hydrogen-bond donors (Lipinski definition) is 0. The van der Waals surface area contributed by atoms with Gasteiger partial charge in [-0.25, -0.2) is 4.98 Å². The van der Waals surface area contributed by atoms with Gasteiger partial charge in [0, 0.05) is 22.4 Å². The standard InChI is InChI=1S/C17H14ClNS/c1-12-2-4-13(5-3-12)10-17-19-16(11-20-17)14-6-8-15(18)9-7-14/h2-9,11H,10H2,1H3. The van der Waals surface area contributed by atoms with Gasteiger partial charge < -0.3 is 0 Å². The highest BCUT2D eigenvalue weighted by Crippen LogP contribution is 2.24. The number of benzene rings is 2. The van der Waals surface area contributed by atoms with Gasteiger partial charge in [-0.3, -0.25) is 0 Å². The summed E-state index contributed by atoms with van der Waals surface area (Å²) in [5.74, 6) is 0. The molecule has 0 N–H and O–H groups in total. The highest BCUT2D eigenvalue weighted by Gasteiger charge is 2.05. The molecule has 0 saturated heterocycles. The van der Waals surface area contributed by atoms with Crippen molar-refractivity contribution in [1.82, 2.24) is 4.98 Å². The summed E-state index contributed by atoms with van der Waals surface area (Å²) in [5.41, 5.74) is 4.72. The lowest BCUT2D eigenvalue weighted by molar-refractivity contribution is 1.14. The molecule has 0 amide bonds. The van der Waals surface area contributed by atoms with E-state index in [0.717, 1.165) is 27.7 Å². The van der Waals surface area contributed by atoms with Crippen LogP contribution in [0.1, 0.15) is 16.1 Å². The van der Waals surface area contributed by atoms with Gasteiger partial charge in [0.15, 0.2) is 0 Å². The van der Waals surface area contributed by atoms with Crippen molar-refractivity contribution in [2.45, 2.75) is 13.3 Å². The average Bonchev–Trinajstić information content (AvgIpc) is 2.91. The van der Waals surface area contributed by atoms with Gasteiger partial charge in [-0.15, -0.1) is 11.3 Å². The van der Waals surface area contributed by atoms with E-state index in [1.54, 1.807) is 11.3 Å². The van der Waals surface area contributed by atoms with Gasteiger partial charge in [-0.1, -0.05) is 53.6 Å². The second-order valence-electron chi connectivity index (χ2n) is 4.80. The Bertz CT molecular complexity index is 699. The Morgan fingerprint density at radius 1 is 1.00 bits per heavy atom. The topological polar surface area (TPSA) is 12.9 Å². The van der Waals surface area contributed by atoms with Crippen LogP contribution in [-0.4, -0.2) is 4.98 Å². The molecule has 0 aliphatic heterocycles. The van der Waals surface area contributed by atoms with Crippen molar-refractivity contribution in [3.8, 4) is 11.3 Å². The van der Waals surface area contributed by atoms with Gasteiger partial charge in [-0.2, -0.15) is 0 Å². The molecule has 0 aliphatic carbocycles. The zero-order valence-corrected chi connectivity index (χ0v) is 12.7. The fourth-order valence-electron chi connectivity index (χ4n) is 2.03. The molecule has 0 bridgehead atoms. The molecule has 0 fully saturated rings. The Morgan fingerprint density at radius 2 is 1.70 bits per heavy atom. The van der Waals surface area contributed by atoms with E-state index in [9.17, 15) is 0 Å². The predicted molar refractivity (Wildman–Crippen MR) is 86.5 cm³/mol. The highest BCUT2D eigenvalue weighted by atomic mass is 35.5. The van der Waals surface area contributed by atoms with Gasteiger partial charge in [-0.05, 0) is 24.6 Å². The Morgan fingerprint density at radius 3 is 2.40 bits per heavy atom. The van der Waals surface area contributed by atoms with Crippen LogP contribution in [0.4, 0.5) is 0 Å². The number of rotatable bonds is 3. The Labute approximate surface area is 127 Å². The fourth-order valence-corrected chi connectivity index (χ4v) is 2.99. The van der Waals surface area contributed by atoms with Crippen molar-refractivity contribution >= 4 is 22.9 Å². The molecule has 20 heavy (non-hydrogen) atoms. The Balaban J connectivity index is 1.80. The first-order valence-electron chi connectivity index (χ1n) is 6.46. The third kappa shape index (κ3) is 3.09. The number of halogens is 1. The summed E-state index contributed by atoms with van der Waals surface area (Å²) in [6, 6.07) is 16.4. The molecular weight excluding hydrogens is 286 g/mol. The zero-order valence-electron chi connectivity index (χ0n) is 11.1. The van der Waals surface area contributed by atoms with Crippen molar-refractivity contribution < 1.29 is 0 Å². The van der Waals surface area contributed by atoms with E-state index in [0.29, 0.717) is 0 Å². The normalized spacial score (nSPS) is 10.7. The highest BCUT2D eigenvalue weighted by molar-refractivity contribution is 7.10. The zero-order chi connectivity index (χ0) is 13.9. The van der Waals surface area contributed by atoms with Crippen LogP contribution in [0.5, 0.6) is 0 Å². The number of aromatic nitrogens is 1. The van der Waals surface area contributed by atoms with E-state index in [1.165, 1.54) is 11.1 Å². The van der Waals surface area contributed by atoms with Crippen molar-refractivity contribution in [2.75, 3.05) is 0 Å². The molecule has 1 aromatic heterocycles. The molecule has 100 valence electrons. The first-order chi connectivity index (χ1) is 9.70. The van der Waals surface area contributed by atoms with Gasteiger partial charge in [0.2, 0.25) is 0 Å². The molecule has 0 unspecified atom stereocenters. The molecular formula is C17H14ClNS. The average molecular weight is 300 g/mol. The van der Waals surface area contributed by atoms with E-state index in [4.69, 9.17) is 16.6 Å². The first-order valence-corrected chi connectivity index (χ1v) is 7.72.